The Hall–Kier alpha value is -3.78. The second-order valence-corrected chi connectivity index (χ2v) is 6.33. The van der Waals surface area contributed by atoms with Crippen molar-refractivity contribution in [3.8, 4) is 23.0 Å². The molecular formula is C24H13F3O2. The van der Waals surface area contributed by atoms with Crippen LogP contribution >= 0.6 is 0 Å². The molecule has 1 heterocycles. The van der Waals surface area contributed by atoms with Crippen molar-refractivity contribution in [2.45, 2.75) is 6.18 Å². The Balaban J connectivity index is 2.02. The van der Waals surface area contributed by atoms with Crippen LogP contribution in [0.25, 0.3) is 22.1 Å². The SMILES string of the molecule is O=c1oc2cc(C(F)(F)F)ccc2c(-c2ccccc2)c1C#Cc1ccccc1. The van der Waals surface area contributed by atoms with Crippen molar-refractivity contribution in [3.05, 3.63) is 106 Å². The molecule has 3 aromatic carbocycles. The highest BCUT2D eigenvalue weighted by molar-refractivity contribution is 5.96. The lowest BCUT2D eigenvalue weighted by molar-refractivity contribution is -0.137. The van der Waals surface area contributed by atoms with Gasteiger partial charge in [0, 0.05) is 16.5 Å². The van der Waals surface area contributed by atoms with Gasteiger partial charge in [-0.25, -0.2) is 4.79 Å². The summed E-state index contributed by atoms with van der Waals surface area (Å²) in [7, 11) is 0. The largest absolute Gasteiger partial charge is 0.422 e. The lowest BCUT2D eigenvalue weighted by atomic mass is 9.96. The first-order chi connectivity index (χ1) is 13.9. The van der Waals surface area contributed by atoms with Crippen molar-refractivity contribution < 1.29 is 17.6 Å². The van der Waals surface area contributed by atoms with E-state index in [2.05, 4.69) is 11.8 Å². The molecule has 0 unspecified atom stereocenters. The second-order valence-electron chi connectivity index (χ2n) is 6.33. The predicted octanol–water partition coefficient (Wildman–Crippen LogP) is 5.88. The molecule has 1 aromatic heterocycles. The number of halogens is 3. The highest BCUT2D eigenvalue weighted by Crippen LogP contribution is 2.35. The van der Waals surface area contributed by atoms with E-state index >= 15 is 0 Å². The van der Waals surface area contributed by atoms with Crippen molar-refractivity contribution >= 4 is 11.0 Å². The van der Waals surface area contributed by atoms with E-state index in [9.17, 15) is 18.0 Å². The first-order valence-electron chi connectivity index (χ1n) is 8.74. The average molecular weight is 390 g/mol. The smallest absolute Gasteiger partial charge is 0.416 e. The second kappa shape index (κ2) is 7.33. The van der Waals surface area contributed by atoms with E-state index in [-0.39, 0.29) is 11.1 Å². The Morgan fingerprint density at radius 1 is 0.793 bits per heavy atom. The van der Waals surface area contributed by atoms with Crippen LogP contribution in [0.5, 0.6) is 0 Å². The fourth-order valence-corrected chi connectivity index (χ4v) is 3.05. The number of alkyl halides is 3. The van der Waals surface area contributed by atoms with Gasteiger partial charge in [0.2, 0.25) is 0 Å². The van der Waals surface area contributed by atoms with Crippen LogP contribution in [0.2, 0.25) is 0 Å². The highest BCUT2D eigenvalue weighted by atomic mass is 19.4. The van der Waals surface area contributed by atoms with Gasteiger partial charge in [0.25, 0.3) is 0 Å². The molecular weight excluding hydrogens is 377 g/mol. The van der Waals surface area contributed by atoms with Crippen molar-refractivity contribution in [3.63, 3.8) is 0 Å². The van der Waals surface area contributed by atoms with Crippen molar-refractivity contribution in [1.29, 1.82) is 0 Å². The highest BCUT2D eigenvalue weighted by Gasteiger charge is 2.31. The summed E-state index contributed by atoms with van der Waals surface area (Å²) < 4.78 is 44.5. The summed E-state index contributed by atoms with van der Waals surface area (Å²) in [6.07, 6.45) is -4.54. The van der Waals surface area contributed by atoms with E-state index in [0.717, 1.165) is 12.1 Å². The Kier molecular flexibility index (Phi) is 4.69. The normalized spacial score (nSPS) is 11.1. The van der Waals surface area contributed by atoms with Crippen LogP contribution in [-0.2, 0) is 6.18 Å². The maximum Gasteiger partial charge on any atom is 0.416 e. The summed E-state index contributed by atoms with van der Waals surface area (Å²) >= 11 is 0. The summed E-state index contributed by atoms with van der Waals surface area (Å²) in [4.78, 5) is 12.7. The number of hydrogen-bond donors (Lipinski definition) is 0. The monoisotopic (exact) mass is 390 g/mol. The number of benzene rings is 3. The molecule has 0 bridgehead atoms. The summed E-state index contributed by atoms with van der Waals surface area (Å²) in [6, 6.07) is 21.2. The maximum atomic E-state index is 13.1. The van der Waals surface area contributed by atoms with E-state index in [1.54, 1.807) is 36.4 Å². The summed E-state index contributed by atoms with van der Waals surface area (Å²) in [5.74, 6) is 5.78. The van der Waals surface area contributed by atoms with Crippen LogP contribution in [0.1, 0.15) is 16.7 Å². The van der Waals surface area contributed by atoms with Gasteiger partial charge < -0.3 is 4.42 Å². The maximum absolute atomic E-state index is 13.1. The first kappa shape index (κ1) is 18.6. The van der Waals surface area contributed by atoms with E-state index in [1.807, 2.05) is 24.3 Å². The molecule has 0 spiro atoms. The molecule has 0 radical (unpaired) electrons. The molecule has 0 fully saturated rings. The van der Waals surface area contributed by atoms with Crippen molar-refractivity contribution in [2.24, 2.45) is 0 Å². The topological polar surface area (TPSA) is 30.2 Å². The van der Waals surface area contributed by atoms with E-state index in [4.69, 9.17) is 4.42 Å². The zero-order valence-electron chi connectivity index (χ0n) is 15.0. The number of rotatable bonds is 1. The molecule has 5 heteroatoms. The van der Waals surface area contributed by atoms with Crippen LogP contribution in [-0.4, -0.2) is 0 Å². The van der Waals surface area contributed by atoms with E-state index < -0.39 is 17.4 Å². The third-order valence-corrected chi connectivity index (χ3v) is 4.40. The lowest BCUT2D eigenvalue weighted by Gasteiger charge is -2.11. The summed E-state index contributed by atoms with van der Waals surface area (Å²) in [5, 5.41) is 0.390. The first-order valence-corrected chi connectivity index (χ1v) is 8.74. The third kappa shape index (κ3) is 3.78. The van der Waals surface area contributed by atoms with Gasteiger partial charge in [0.1, 0.15) is 11.1 Å². The molecule has 0 aliphatic heterocycles. The minimum Gasteiger partial charge on any atom is -0.422 e. The van der Waals surface area contributed by atoms with Gasteiger partial charge in [0.15, 0.2) is 0 Å². The zero-order chi connectivity index (χ0) is 20.4. The molecule has 142 valence electrons. The Bertz CT molecular complexity index is 1290. The van der Waals surface area contributed by atoms with Gasteiger partial charge in [-0.15, -0.1) is 0 Å². The van der Waals surface area contributed by atoms with Gasteiger partial charge in [-0.3, -0.25) is 0 Å². The fraction of sp³-hybridized carbons (Fsp3) is 0.0417. The quantitative estimate of drug-likeness (QED) is 0.300. The van der Waals surface area contributed by atoms with Gasteiger partial charge in [-0.05, 0) is 35.9 Å². The number of hydrogen-bond acceptors (Lipinski definition) is 2. The molecule has 29 heavy (non-hydrogen) atoms. The zero-order valence-corrected chi connectivity index (χ0v) is 15.0. The van der Waals surface area contributed by atoms with Crippen LogP contribution in [0.15, 0.2) is 88.1 Å². The molecule has 0 amide bonds. The van der Waals surface area contributed by atoms with Crippen LogP contribution < -0.4 is 5.63 Å². The lowest BCUT2D eigenvalue weighted by Crippen LogP contribution is -2.09. The Morgan fingerprint density at radius 2 is 1.45 bits per heavy atom. The number of fused-ring (bicyclic) bond motifs is 1. The summed E-state index contributed by atoms with van der Waals surface area (Å²) in [6.45, 7) is 0. The summed E-state index contributed by atoms with van der Waals surface area (Å²) in [5.41, 5.74) is 0.144. The van der Waals surface area contributed by atoms with Crippen LogP contribution in [0.4, 0.5) is 13.2 Å². The van der Waals surface area contributed by atoms with Crippen molar-refractivity contribution in [1.82, 2.24) is 0 Å². The van der Waals surface area contributed by atoms with Crippen LogP contribution in [0, 0.1) is 11.8 Å². The van der Waals surface area contributed by atoms with Crippen molar-refractivity contribution in [2.75, 3.05) is 0 Å². The van der Waals surface area contributed by atoms with Crippen LogP contribution in [0.3, 0.4) is 0 Å². The third-order valence-electron chi connectivity index (χ3n) is 4.40. The minimum absolute atomic E-state index is 0.104. The average Bonchev–Trinajstić information content (AvgIpc) is 2.72. The fourth-order valence-electron chi connectivity index (χ4n) is 3.05. The van der Waals surface area contributed by atoms with E-state index in [1.165, 1.54) is 6.07 Å². The predicted molar refractivity (Wildman–Crippen MR) is 105 cm³/mol. The molecule has 0 saturated heterocycles. The molecule has 0 saturated carbocycles. The molecule has 0 N–H and O–H groups in total. The minimum atomic E-state index is -4.54. The van der Waals surface area contributed by atoms with Gasteiger partial charge in [-0.1, -0.05) is 60.4 Å². The molecule has 0 aliphatic rings. The standard InChI is InChI=1S/C24H13F3O2/c25-24(26,27)18-12-14-19-21(15-18)29-23(28)20(13-11-16-7-3-1-4-8-16)22(19)17-9-5-2-6-10-17/h1-10,12,14-15H. The van der Waals surface area contributed by atoms with Gasteiger partial charge in [-0.2, -0.15) is 13.2 Å². The Morgan fingerprint density at radius 3 is 2.10 bits per heavy atom. The van der Waals surface area contributed by atoms with E-state index in [0.29, 0.717) is 22.1 Å². The molecule has 0 atom stereocenters. The molecule has 4 aromatic rings. The van der Waals surface area contributed by atoms with Gasteiger partial charge in [0.05, 0.1) is 5.56 Å². The Labute approximate surface area is 164 Å². The van der Waals surface area contributed by atoms with Gasteiger partial charge >= 0.3 is 11.8 Å². The molecule has 0 aliphatic carbocycles. The molecule has 2 nitrogen and oxygen atoms in total. The molecule has 4 rings (SSSR count).